The summed E-state index contributed by atoms with van der Waals surface area (Å²) in [6.07, 6.45) is 9.35. The van der Waals surface area contributed by atoms with Crippen molar-refractivity contribution in [3.8, 4) is 5.75 Å². The average molecular weight is 319 g/mol. The van der Waals surface area contributed by atoms with Gasteiger partial charge >= 0.3 is 0 Å². The molecule has 2 rings (SSSR count). The van der Waals surface area contributed by atoms with Crippen molar-refractivity contribution in [1.29, 1.82) is 0 Å². The first-order chi connectivity index (χ1) is 10.4. The van der Waals surface area contributed by atoms with E-state index in [9.17, 15) is 4.21 Å². The van der Waals surface area contributed by atoms with Gasteiger partial charge in [0.2, 0.25) is 0 Å². The Bertz CT molecular complexity index is 587. The molecule has 0 spiro atoms. The van der Waals surface area contributed by atoms with E-state index in [0.29, 0.717) is 0 Å². The Kier molecular flexibility index (Phi) is 5.59. The maximum absolute atomic E-state index is 12.6. The Morgan fingerprint density at radius 3 is 2.59 bits per heavy atom. The largest absolute Gasteiger partial charge is 0.496 e. The molecule has 1 aliphatic carbocycles. The van der Waals surface area contributed by atoms with Crippen molar-refractivity contribution in [1.82, 2.24) is 4.72 Å². The zero-order valence-corrected chi connectivity index (χ0v) is 14.5. The van der Waals surface area contributed by atoms with Crippen molar-refractivity contribution < 1.29 is 8.95 Å². The quantitative estimate of drug-likeness (QED) is 0.893. The van der Waals surface area contributed by atoms with Gasteiger partial charge in [-0.05, 0) is 33.3 Å². The Labute approximate surface area is 136 Å². The minimum atomic E-state index is -1.14. The van der Waals surface area contributed by atoms with E-state index in [1.54, 1.807) is 7.11 Å². The lowest BCUT2D eigenvalue weighted by Gasteiger charge is -2.30. The minimum absolute atomic E-state index is 0.0441. The lowest BCUT2D eigenvalue weighted by atomic mass is 9.88. The molecule has 1 aliphatic rings. The van der Waals surface area contributed by atoms with Crippen LogP contribution in [0.25, 0.3) is 0 Å². The summed E-state index contributed by atoms with van der Waals surface area (Å²) in [4.78, 5) is 0. The first-order valence-electron chi connectivity index (χ1n) is 7.58. The summed E-state index contributed by atoms with van der Waals surface area (Å²) in [7, 11) is 0.530. The second-order valence-electron chi connectivity index (χ2n) is 6.43. The molecule has 1 aromatic carbocycles. The molecule has 0 heterocycles. The van der Waals surface area contributed by atoms with E-state index in [-0.39, 0.29) is 16.7 Å². The van der Waals surface area contributed by atoms with Gasteiger partial charge in [0.15, 0.2) is 0 Å². The number of allylic oxidation sites excluding steroid dienone is 3. The highest BCUT2D eigenvalue weighted by Gasteiger charge is 2.29. The third-order valence-electron chi connectivity index (χ3n) is 3.71. The van der Waals surface area contributed by atoms with Gasteiger partial charge in [-0.3, -0.25) is 0 Å². The molecular formula is C18H25NO2S. The van der Waals surface area contributed by atoms with E-state index >= 15 is 0 Å². The molecule has 0 saturated carbocycles. The second kappa shape index (κ2) is 7.25. The Morgan fingerprint density at radius 1 is 1.27 bits per heavy atom. The molecule has 0 bridgehead atoms. The monoisotopic (exact) mass is 319 g/mol. The topological polar surface area (TPSA) is 38.3 Å². The second-order valence-corrected chi connectivity index (χ2v) is 8.43. The van der Waals surface area contributed by atoms with Crippen molar-refractivity contribution in [3.63, 3.8) is 0 Å². The Hall–Kier alpha value is -1.39. The van der Waals surface area contributed by atoms with E-state index in [1.165, 1.54) is 0 Å². The fraction of sp³-hybridized carbons (Fsp3) is 0.444. The van der Waals surface area contributed by atoms with Gasteiger partial charge in [-0.15, -0.1) is 0 Å². The SMILES string of the molecule is COc1ccccc1[C@@H](NS(=O)C(C)(C)C)[C@H]1C=CC=CC1. The van der Waals surface area contributed by atoms with Crippen LogP contribution in [0.15, 0.2) is 48.6 Å². The minimum Gasteiger partial charge on any atom is -0.496 e. The van der Waals surface area contributed by atoms with Crippen LogP contribution in [-0.2, 0) is 11.0 Å². The molecule has 0 saturated heterocycles. The van der Waals surface area contributed by atoms with Gasteiger partial charge in [0, 0.05) is 11.5 Å². The van der Waals surface area contributed by atoms with Gasteiger partial charge < -0.3 is 4.74 Å². The van der Waals surface area contributed by atoms with Crippen LogP contribution in [-0.4, -0.2) is 16.1 Å². The fourth-order valence-electron chi connectivity index (χ4n) is 2.44. The van der Waals surface area contributed by atoms with Crippen LogP contribution in [0.3, 0.4) is 0 Å². The summed E-state index contributed by atoms with van der Waals surface area (Å²) in [5, 5.41) is 0. The van der Waals surface area contributed by atoms with Gasteiger partial charge in [-0.1, -0.05) is 42.5 Å². The molecule has 22 heavy (non-hydrogen) atoms. The molecule has 1 N–H and O–H groups in total. The first kappa shape index (κ1) is 17.0. The zero-order valence-electron chi connectivity index (χ0n) is 13.7. The van der Waals surface area contributed by atoms with E-state index in [0.717, 1.165) is 17.7 Å². The predicted molar refractivity (Wildman–Crippen MR) is 93.2 cm³/mol. The van der Waals surface area contributed by atoms with Gasteiger partial charge in [0.25, 0.3) is 0 Å². The standard InChI is InChI=1S/C18H25NO2S/c1-18(2,3)22(20)19-17(14-10-6-5-7-11-14)15-12-8-9-13-16(15)21-4/h5-10,12-14,17,19H,11H2,1-4H3/t14-,17-,22?/m0/s1. The number of benzene rings is 1. The summed E-state index contributed by atoms with van der Waals surface area (Å²) in [5.41, 5.74) is 1.05. The van der Waals surface area contributed by atoms with Crippen molar-refractivity contribution in [2.75, 3.05) is 7.11 Å². The van der Waals surface area contributed by atoms with Crippen molar-refractivity contribution in [2.45, 2.75) is 38.0 Å². The van der Waals surface area contributed by atoms with Crippen LogP contribution < -0.4 is 9.46 Å². The summed E-state index contributed by atoms with van der Waals surface area (Å²) >= 11 is 0. The van der Waals surface area contributed by atoms with E-state index in [2.05, 4.69) is 29.0 Å². The number of para-hydroxylation sites is 1. The van der Waals surface area contributed by atoms with Crippen molar-refractivity contribution >= 4 is 11.0 Å². The number of methoxy groups -OCH3 is 1. The summed E-state index contributed by atoms with van der Waals surface area (Å²) in [6, 6.07) is 7.90. The number of ether oxygens (including phenoxy) is 1. The molecule has 4 heteroatoms. The van der Waals surface area contributed by atoms with E-state index in [1.807, 2.05) is 45.0 Å². The smallest absolute Gasteiger partial charge is 0.123 e. The Balaban J connectivity index is 2.35. The Morgan fingerprint density at radius 2 is 2.00 bits per heavy atom. The summed E-state index contributed by atoms with van der Waals surface area (Å²) in [6.45, 7) is 5.93. The normalized spacial score (nSPS) is 20.6. The first-order valence-corrected chi connectivity index (χ1v) is 8.72. The van der Waals surface area contributed by atoms with Crippen LogP contribution in [0.1, 0.15) is 38.8 Å². The lowest BCUT2D eigenvalue weighted by Crippen LogP contribution is -2.38. The highest BCUT2D eigenvalue weighted by atomic mass is 32.2. The maximum atomic E-state index is 12.6. The number of hydrogen-bond donors (Lipinski definition) is 1. The van der Waals surface area contributed by atoms with Gasteiger partial charge in [0.1, 0.15) is 5.75 Å². The molecule has 0 fully saturated rings. The predicted octanol–water partition coefficient (Wildman–Crippen LogP) is 3.92. The molecule has 120 valence electrons. The number of rotatable bonds is 5. The molecular weight excluding hydrogens is 294 g/mol. The van der Waals surface area contributed by atoms with Gasteiger partial charge in [0.05, 0.1) is 28.9 Å². The number of hydrogen-bond acceptors (Lipinski definition) is 2. The van der Waals surface area contributed by atoms with Crippen LogP contribution in [0.4, 0.5) is 0 Å². The van der Waals surface area contributed by atoms with E-state index in [4.69, 9.17) is 4.74 Å². The van der Waals surface area contributed by atoms with Crippen molar-refractivity contribution in [3.05, 3.63) is 54.1 Å². The summed E-state index contributed by atoms with van der Waals surface area (Å²) < 4.78 is 21.1. The molecule has 1 unspecified atom stereocenters. The number of nitrogens with one attached hydrogen (secondary N) is 1. The average Bonchev–Trinajstić information content (AvgIpc) is 2.52. The van der Waals surface area contributed by atoms with Gasteiger partial charge in [-0.25, -0.2) is 8.93 Å². The highest BCUT2D eigenvalue weighted by molar-refractivity contribution is 7.84. The summed E-state index contributed by atoms with van der Waals surface area (Å²) in [5.74, 6) is 1.08. The molecule has 0 radical (unpaired) electrons. The van der Waals surface area contributed by atoms with Crippen LogP contribution in [0.2, 0.25) is 0 Å². The highest BCUT2D eigenvalue weighted by Crippen LogP contribution is 2.34. The molecule has 0 aromatic heterocycles. The molecule has 0 aliphatic heterocycles. The van der Waals surface area contributed by atoms with Crippen molar-refractivity contribution in [2.24, 2.45) is 5.92 Å². The lowest BCUT2D eigenvalue weighted by molar-refractivity contribution is 0.392. The molecule has 3 nitrogen and oxygen atoms in total. The zero-order chi connectivity index (χ0) is 16.2. The van der Waals surface area contributed by atoms with E-state index < -0.39 is 11.0 Å². The third kappa shape index (κ3) is 4.08. The van der Waals surface area contributed by atoms with Gasteiger partial charge in [-0.2, -0.15) is 0 Å². The third-order valence-corrected chi connectivity index (χ3v) is 5.29. The van der Waals surface area contributed by atoms with Crippen LogP contribution in [0, 0.1) is 5.92 Å². The maximum Gasteiger partial charge on any atom is 0.123 e. The fourth-order valence-corrected chi connectivity index (χ4v) is 3.33. The molecule has 0 amide bonds. The molecule has 3 atom stereocenters. The van der Waals surface area contributed by atoms with Crippen LogP contribution in [0.5, 0.6) is 5.75 Å². The van der Waals surface area contributed by atoms with Crippen LogP contribution >= 0.6 is 0 Å². The molecule has 1 aromatic rings.